The SMILES string of the molecule is CC(C)(Sc1ccc2cncc(-c3ccc(C#N)c(Cl)c3)c2c1)C(=O)O. The van der Waals surface area contributed by atoms with Crippen LogP contribution in [0.4, 0.5) is 0 Å². The number of carbonyl (C=O) groups is 1. The molecule has 4 nitrogen and oxygen atoms in total. The molecule has 130 valence electrons. The Morgan fingerprint density at radius 1 is 1.23 bits per heavy atom. The molecule has 0 aliphatic rings. The summed E-state index contributed by atoms with van der Waals surface area (Å²) < 4.78 is -0.932. The van der Waals surface area contributed by atoms with Gasteiger partial charge in [-0.1, -0.05) is 23.7 Å². The number of nitrogens with zero attached hydrogens (tertiary/aromatic N) is 2. The monoisotopic (exact) mass is 382 g/mol. The maximum absolute atomic E-state index is 11.4. The third-order valence-electron chi connectivity index (χ3n) is 4.02. The van der Waals surface area contributed by atoms with E-state index in [2.05, 4.69) is 11.1 Å². The summed E-state index contributed by atoms with van der Waals surface area (Å²) in [6.07, 6.45) is 3.51. The van der Waals surface area contributed by atoms with E-state index < -0.39 is 10.7 Å². The fraction of sp³-hybridized carbons (Fsp3) is 0.150. The molecule has 0 amide bonds. The highest BCUT2D eigenvalue weighted by molar-refractivity contribution is 8.01. The lowest BCUT2D eigenvalue weighted by atomic mass is 10.00. The minimum atomic E-state index is -0.932. The van der Waals surface area contributed by atoms with Gasteiger partial charge in [0.25, 0.3) is 0 Å². The molecule has 0 saturated carbocycles. The van der Waals surface area contributed by atoms with Crippen LogP contribution in [0.1, 0.15) is 19.4 Å². The summed E-state index contributed by atoms with van der Waals surface area (Å²) in [7, 11) is 0. The number of thioether (sulfide) groups is 1. The van der Waals surface area contributed by atoms with Crippen LogP contribution in [0.3, 0.4) is 0 Å². The van der Waals surface area contributed by atoms with Crippen molar-refractivity contribution in [2.24, 2.45) is 0 Å². The van der Waals surface area contributed by atoms with Crippen molar-refractivity contribution in [1.82, 2.24) is 4.98 Å². The number of fused-ring (bicyclic) bond motifs is 1. The molecule has 1 N–H and O–H groups in total. The van der Waals surface area contributed by atoms with Crippen LogP contribution < -0.4 is 0 Å². The Bertz CT molecular complexity index is 1060. The van der Waals surface area contributed by atoms with E-state index in [0.717, 1.165) is 26.8 Å². The average molecular weight is 383 g/mol. The molecular weight excluding hydrogens is 368 g/mol. The van der Waals surface area contributed by atoms with E-state index in [1.54, 1.807) is 38.4 Å². The van der Waals surface area contributed by atoms with Crippen LogP contribution >= 0.6 is 23.4 Å². The number of rotatable bonds is 4. The Balaban J connectivity index is 2.12. The fourth-order valence-electron chi connectivity index (χ4n) is 2.55. The van der Waals surface area contributed by atoms with Crippen LogP contribution in [0.15, 0.2) is 53.7 Å². The van der Waals surface area contributed by atoms with Gasteiger partial charge in [-0.3, -0.25) is 9.78 Å². The Morgan fingerprint density at radius 2 is 2.00 bits per heavy atom. The number of aromatic nitrogens is 1. The molecule has 0 aliphatic heterocycles. The third kappa shape index (κ3) is 3.52. The number of carboxylic acids is 1. The largest absolute Gasteiger partial charge is 0.480 e. The van der Waals surface area contributed by atoms with Crippen molar-refractivity contribution in [2.45, 2.75) is 23.5 Å². The lowest BCUT2D eigenvalue weighted by molar-refractivity contribution is -0.138. The van der Waals surface area contributed by atoms with E-state index in [9.17, 15) is 9.90 Å². The molecule has 0 bridgehead atoms. The Hall–Kier alpha value is -2.55. The number of benzene rings is 2. The standard InChI is InChI=1S/C20H15ClN2O2S/c1-20(2,19(24)25)26-15-6-5-14-10-23-11-17(16(14)8-15)12-3-4-13(9-22)18(21)7-12/h3-8,10-11H,1-2H3,(H,24,25). The molecule has 2 aromatic carbocycles. The van der Waals surface area contributed by atoms with Crippen LogP contribution in [-0.4, -0.2) is 20.8 Å². The van der Waals surface area contributed by atoms with Crippen molar-refractivity contribution in [3.63, 3.8) is 0 Å². The van der Waals surface area contributed by atoms with E-state index in [1.807, 2.05) is 24.3 Å². The van der Waals surface area contributed by atoms with E-state index in [4.69, 9.17) is 16.9 Å². The Morgan fingerprint density at radius 3 is 2.65 bits per heavy atom. The first-order valence-electron chi connectivity index (χ1n) is 7.82. The Labute approximate surface area is 160 Å². The molecule has 0 aliphatic carbocycles. The second-order valence-corrected chi connectivity index (χ2v) is 8.40. The lowest BCUT2D eigenvalue weighted by Gasteiger charge is -2.19. The molecule has 0 unspecified atom stereocenters. The second-order valence-electron chi connectivity index (χ2n) is 6.29. The van der Waals surface area contributed by atoms with Crippen LogP contribution in [0.25, 0.3) is 21.9 Å². The number of carboxylic acid groups (broad SMARTS) is 1. The first kappa shape index (κ1) is 18.2. The van der Waals surface area contributed by atoms with Crippen molar-refractivity contribution < 1.29 is 9.90 Å². The zero-order valence-corrected chi connectivity index (χ0v) is 15.7. The van der Waals surface area contributed by atoms with Crippen molar-refractivity contribution in [1.29, 1.82) is 5.26 Å². The minimum absolute atomic E-state index is 0.388. The van der Waals surface area contributed by atoms with Gasteiger partial charge >= 0.3 is 5.97 Å². The maximum atomic E-state index is 11.4. The maximum Gasteiger partial charge on any atom is 0.319 e. The zero-order valence-electron chi connectivity index (χ0n) is 14.2. The normalized spacial score (nSPS) is 11.3. The zero-order chi connectivity index (χ0) is 18.9. The highest BCUT2D eigenvalue weighted by atomic mass is 35.5. The van der Waals surface area contributed by atoms with Gasteiger partial charge in [-0.15, -0.1) is 11.8 Å². The summed E-state index contributed by atoms with van der Waals surface area (Å²) >= 11 is 7.46. The summed E-state index contributed by atoms with van der Waals surface area (Å²) in [5.74, 6) is -0.864. The summed E-state index contributed by atoms with van der Waals surface area (Å²) in [5, 5.41) is 20.7. The number of pyridine rings is 1. The van der Waals surface area contributed by atoms with E-state index in [0.29, 0.717) is 10.6 Å². The third-order valence-corrected chi connectivity index (χ3v) is 5.51. The van der Waals surface area contributed by atoms with Gasteiger partial charge in [0.05, 0.1) is 10.6 Å². The molecule has 0 fully saturated rings. The predicted molar refractivity (Wildman–Crippen MR) is 104 cm³/mol. The molecule has 0 atom stereocenters. The molecule has 3 aromatic rings. The number of hydrogen-bond acceptors (Lipinski definition) is 4. The number of nitriles is 1. The van der Waals surface area contributed by atoms with Crippen LogP contribution in [0.5, 0.6) is 0 Å². The van der Waals surface area contributed by atoms with Gasteiger partial charge in [-0.05, 0) is 49.1 Å². The lowest BCUT2D eigenvalue weighted by Crippen LogP contribution is -2.26. The molecule has 6 heteroatoms. The van der Waals surface area contributed by atoms with Crippen molar-refractivity contribution >= 4 is 40.1 Å². The molecule has 26 heavy (non-hydrogen) atoms. The molecular formula is C20H15ClN2O2S. The molecule has 0 spiro atoms. The number of aliphatic carboxylic acids is 1. The minimum Gasteiger partial charge on any atom is -0.480 e. The summed E-state index contributed by atoms with van der Waals surface area (Å²) in [5.41, 5.74) is 2.15. The van der Waals surface area contributed by atoms with E-state index >= 15 is 0 Å². The molecule has 1 heterocycles. The summed E-state index contributed by atoms with van der Waals surface area (Å²) in [4.78, 5) is 16.5. The number of hydrogen-bond donors (Lipinski definition) is 1. The van der Waals surface area contributed by atoms with Gasteiger partial charge in [0.1, 0.15) is 10.8 Å². The second kappa shape index (κ2) is 6.99. The topological polar surface area (TPSA) is 74.0 Å². The van der Waals surface area contributed by atoms with Gasteiger partial charge in [0.15, 0.2) is 0 Å². The molecule has 3 rings (SSSR count). The highest BCUT2D eigenvalue weighted by Gasteiger charge is 2.28. The summed E-state index contributed by atoms with van der Waals surface area (Å²) in [6.45, 7) is 3.36. The van der Waals surface area contributed by atoms with Gasteiger partial charge in [-0.25, -0.2) is 0 Å². The molecule has 0 radical (unpaired) electrons. The van der Waals surface area contributed by atoms with Crippen molar-refractivity contribution in [3.8, 4) is 17.2 Å². The van der Waals surface area contributed by atoms with Gasteiger partial charge in [0.2, 0.25) is 0 Å². The highest BCUT2D eigenvalue weighted by Crippen LogP contribution is 2.37. The van der Waals surface area contributed by atoms with Crippen molar-refractivity contribution in [2.75, 3.05) is 0 Å². The van der Waals surface area contributed by atoms with Crippen LogP contribution in [0, 0.1) is 11.3 Å². The molecule has 1 aromatic heterocycles. The average Bonchev–Trinajstić information content (AvgIpc) is 2.60. The van der Waals surface area contributed by atoms with Crippen molar-refractivity contribution in [3.05, 3.63) is 59.4 Å². The number of halogens is 1. The van der Waals surface area contributed by atoms with Gasteiger partial charge in [-0.2, -0.15) is 5.26 Å². The quantitative estimate of drug-likeness (QED) is 0.613. The van der Waals surface area contributed by atoms with Crippen LogP contribution in [-0.2, 0) is 4.79 Å². The Kier molecular flexibility index (Phi) is 4.90. The molecule has 0 saturated heterocycles. The summed E-state index contributed by atoms with van der Waals surface area (Å²) in [6, 6.07) is 13.1. The van der Waals surface area contributed by atoms with E-state index in [-0.39, 0.29) is 0 Å². The first-order chi connectivity index (χ1) is 12.3. The van der Waals surface area contributed by atoms with Gasteiger partial charge < -0.3 is 5.11 Å². The van der Waals surface area contributed by atoms with Gasteiger partial charge in [0, 0.05) is 28.2 Å². The first-order valence-corrected chi connectivity index (χ1v) is 9.01. The smallest absolute Gasteiger partial charge is 0.319 e. The fourth-order valence-corrected chi connectivity index (χ4v) is 3.76. The van der Waals surface area contributed by atoms with E-state index in [1.165, 1.54) is 11.8 Å². The predicted octanol–water partition coefficient (Wildman–Crippen LogP) is 5.38. The van der Waals surface area contributed by atoms with Crippen LogP contribution in [0.2, 0.25) is 5.02 Å².